The second-order valence-corrected chi connectivity index (χ2v) is 2.90. The van der Waals surface area contributed by atoms with Crippen molar-refractivity contribution in [1.29, 1.82) is 0 Å². The predicted molar refractivity (Wildman–Crippen MR) is 35.6 cm³/mol. The SMILES string of the molecule is C[C@H](N)C1CCCC1. The van der Waals surface area contributed by atoms with E-state index in [1.54, 1.807) is 0 Å². The van der Waals surface area contributed by atoms with E-state index >= 15 is 0 Å². The molecule has 1 nitrogen and oxygen atoms in total. The molecule has 0 aromatic carbocycles. The third-order valence-electron chi connectivity index (χ3n) is 2.14. The Morgan fingerprint density at radius 2 is 1.88 bits per heavy atom. The molecule has 1 fully saturated rings. The second kappa shape index (κ2) is 2.49. The van der Waals surface area contributed by atoms with Crippen molar-refractivity contribution in [2.75, 3.05) is 0 Å². The summed E-state index contributed by atoms with van der Waals surface area (Å²) in [6.07, 6.45) is 5.56. The molecule has 2 N–H and O–H groups in total. The number of nitrogens with two attached hydrogens (primary N) is 1. The smallest absolute Gasteiger partial charge is 0.00387 e. The fourth-order valence-electron chi connectivity index (χ4n) is 1.48. The molecule has 1 saturated carbocycles. The summed E-state index contributed by atoms with van der Waals surface area (Å²) in [5.41, 5.74) is 5.70. The maximum absolute atomic E-state index is 5.70. The Labute approximate surface area is 51.3 Å². The minimum atomic E-state index is 0.442. The minimum absolute atomic E-state index is 0.442. The van der Waals surface area contributed by atoms with E-state index in [1.165, 1.54) is 25.7 Å². The molecule has 8 heavy (non-hydrogen) atoms. The van der Waals surface area contributed by atoms with Crippen molar-refractivity contribution < 1.29 is 0 Å². The van der Waals surface area contributed by atoms with Crippen molar-refractivity contribution in [1.82, 2.24) is 0 Å². The van der Waals surface area contributed by atoms with Crippen LogP contribution in [-0.4, -0.2) is 6.04 Å². The fraction of sp³-hybridized carbons (Fsp3) is 1.00. The molecular formula is C7H15N. The van der Waals surface area contributed by atoms with Gasteiger partial charge in [-0.2, -0.15) is 0 Å². The van der Waals surface area contributed by atoms with Crippen LogP contribution in [0.15, 0.2) is 0 Å². The van der Waals surface area contributed by atoms with Gasteiger partial charge in [0.25, 0.3) is 0 Å². The Balaban J connectivity index is 2.24. The van der Waals surface area contributed by atoms with Gasteiger partial charge in [-0.25, -0.2) is 0 Å². The van der Waals surface area contributed by atoms with Crippen molar-refractivity contribution in [2.24, 2.45) is 11.7 Å². The summed E-state index contributed by atoms with van der Waals surface area (Å²) in [6, 6.07) is 0.442. The molecule has 1 rings (SSSR count). The highest BCUT2D eigenvalue weighted by molar-refractivity contribution is 4.73. The Morgan fingerprint density at radius 1 is 1.38 bits per heavy atom. The van der Waals surface area contributed by atoms with E-state index in [4.69, 9.17) is 5.73 Å². The molecule has 0 bridgehead atoms. The Bertz CT molecular complexity index is 62.8. The molecule has 1 heteroatoms. The summed E-state index contributed by atoms with van der Waals surface area (Å²) in [6.45, 7) is 2.12. The molecule has 0 saturated heterocycles. The molecular weight excluding hydrogens is 98.1 g/mol. The van der Waals surface area contributed by atoms with Crippen LogP contribution in [0.2, 0.25) is 0 Å². The van der Waals surface area contributed by atoms with Gasteiger partial charge in [0.15, 0.2) is 0 Å². The second-order valence-electron chi connectivity index (χ2n) is 2.90. The minimum Gasteiger partial charge on any atom is -0.328 e. The third kappa shape index (κ3) is 1.22. The zero-order valence-electron chi connectivity index (χ0n) is 5.56. The molecule has 1 aliphatic carbocycles. The average Bonchev–Trinajstić information content (AvgIpc) is 2.12. The lowest BCUT2D eigenvalue weighted by Gasteiger charge is -2.11. The first-order chi connectivity index (χ1) is 3.80. The van der Waals surface area contributed by atoms with Crippen molar-refractivity contribution in [2.45, 2.75) is 38.6 Å². The van der Waals surface area contributed by atoms with E-state index < -0.39 is 0 Å². The summed E-state index contributed by atoms with van der Waals surface area (Å²) >= 11 is 0. The van der Waals surface area contributed by atoms with Gasteiger partial charge in [0.2, 0.25) is 0 Å². The first kappa shape index (κ1) is 6.09. The van der Waals surface area contributed by atoms with Crippen LogP contribution in [0.5, 0.6) is 0 Å². The van der Waals surface area contributed by atoms with Crippen LogP contribution in [0.25, 0.3) is 0 Å². The lowest BCUT2D eigenvalue weighted by molar-refractivity contribution is 0.458. The Kier molecular flexibility index (Phi) is 1.90. The van der Waals surface area contributed by atoms with E-state index in [1.807, 2.05) is 0 Å². The van der Waals surface area contributed by atoms with Gasteiger partial charge in [0.1, 0.15) is 0 Å². The number of rotatable bonds is 1. The molecule has 1 aliphatic rings. The molecule has 0 radical (unpaired) electrons. The number of hydrogen-bond donors (Lipinski definition) is 1. The van der Waals surface area contributed by atoms with Gasteiger partial charge in [-0.05, 0) is 25.7 Å². The number of hydrogen-bond acceptors (Lipinski definition) is 1. The van der Waals surface area contributed by atoms with Crippen LogP contribution in [0.3, 0.4) is 0 Å². The van der Waals surface area contributed by atoms with Crippen LogP contribution in [0.1, 0.15) is 32.6 Å². The normalized spacial score (nSPS) is 26.2. The molecule has 0 aromatic rings. The molecule has 0 heterocycles. The summed E-state index contributed by atoms with van der Waals surface area (Å²) in [7, 11) is 0. The molecule has 0 aliphatic heterocycles. The highest BCUT2D eigenvalue weighted by Gasteiger charge is 2.17. The van der Waals surface area contributed by atoms with Crippen molar-refractivity contribution >= 4 is 0 Å². The highest BCUT2D eigenvalue weighted by Crippen LogP contribution is 2.26. The lowest BCUT2D eigenvalue weighted by Crippen LogP contribution is -2.23. The van der Waals surface area contributed by atoms with Gasteiger partial charge in [-0.1, -0.05) is 12.8 Å². The van der Waals surface area contributed by atoms with Gasteiger partial charge in [-0.3, -0.25) is 0 Å². The first-order valence-corrected chi connectivity index (χ1v) is 3.56. The lowest BCUT2D eigenvalue weighted by atomic mass is 10.0. The molecule has 0 aromatic heterocycles. The van der Waals surface area contributed by atoms with E-state index in [0.29, 0.717) is 6.04 Å². The van der Waals surface area contributed by atoms with E-state index in [-0.39, 0.29) is 0 Å². The van der Waals surface area contributed by atoms with Crippen LogP contribution >= 0.6 is 0 Å². The monoisotopic (exact) mass is 113 g/mol. The highest BCUT2D eigenvalue weighted by atomic mass is 14.6. The van der Waals surface area contributed by atoms with Gasteiger partial charge in [0.05, 0.1) is 0 Å². The molecule has 0 unspecified atom stereocenters. The van der Waals surface area contributed by atoms with Gasteiger partial charge >= 0.3 is 0 Å². The summed E-state index contributed by atoms with van der Waals surface area (Å²) in [4.78, 5) is 0. The maximum Gasteiger partial charge on any atom is 0.00387 e. The van der Waals surface area contributed by atoms with E-state index in [0.717, 1.165) is 5.92 Å². The Morgan fingerprint density at radius 3 is 2.12 bits per heavy atom. The molecule has 1 atom stereocenters. The van der Waals surface area contributed by atoms with Crippen LogP contribution in [0.4, 0.5) is 0 Å². The maximum atomic E-state index is 5.70. The average molecular weight is 113 g/mol. The predicted octanol–water partition coefficient (Wildman–Crippen LogP) is 1.52. The standard InChI is InChI=1S/C7H15N/c1-6(8)7-4-2-3-5-7/h6-7H,2-5,8H2,1H3/t6-/m0/s1. The van der Waals surface area contributed by atoms with Gasteiger partial charge in [-0.15, -0.1) is 0 Å². The fourth-order valence-corrected chi connectivity index (χ4v) is 1.48. The van der Waals surface area contributed by atoms with Crippen molar-refractivity contribution in [3.05, 3.63) is 0 Å². The molecule has 0 amide bonds. The Hall–Kier alpha value is -0.0400. The van der Waals surface area contributed by atoms with Crippen LogP contribution in [0, 0.1) is 5.92 Å². The van der Waals surface area contributed by atoms with E-state index in [9.17, 15) is 0 Å². The molecule has 48 valence electrons. The van der Waals surface area contributed by atoms with Crippen LogP contribution in [-0.2, 0) is 0 Å². The summed E-state index contributed by atoms with van der Waals surface area (Å²) < 4.78 is 0. The van der Waals surface area contributed by atoms with E-state index in [2.05, 4.69) is 6.92 Å². The quantitative estimate of drug-likeness (QED) is 0.548. The van der Waals surface area contributed by atoms with Crippen molar-refractivity contribution in [3.63, 3.8) is 0 Å². The molecule has 0 spiro atoms. The van der Waals surface area contributed by atoms with Crippen LogP contribution < -0.4 is 5.73 Å². The third-order valence-corrected chi connectivity index (χ3v) is 2.14. The van der Waals surface area contributed by atoms with Crippen molar-refractivity contribution in [3.8, 4) is 0 Å². The summed E-state index contributed by atoms with van der Waals surface area (Å²) in [5.74, 6) is 0.843. The largest absolute Gasteiger partial charge is 0.328 e. The first-order valence-electron chi connectivity index (χ1n) is 3.56. The topological polar surface area (TPSA) is 26.0 Å². The summed E-state index contributed by atoms with van der Waals surface area (Å²) in [5, 5.41) is 0. The zero-order chi connectivity index (χ0) is 5.98. The van der Waals surface area contributed by atoms with Gasteiger partial charge < -0.3 is 5.73 Å². The van der Waals surface area contributed by atoms with Gasteiger partial charge in [0, 0.05) is 6.04 Å². The zero-order valence-corrected chi connectivity index (χ0v) is 5.56.